The minimum absolute atomic E-state index is 0.0732. The van der Waals surface area contributed by atoms with Crippen LogP contribution in [0.15, 0.2) is 6.08 Å². The Morgan fingerprint density at radius 3 is 2.60 bits per heavy atom. The molecule has 0 aliphatic carbocycles. The molecule has 2 aromatic rings. The Morgan fingerprint density at radius 2 is 1.84 bits per heavy atom. The first kappa shape index (κ1) is 18.2. The van der Waals surface area contributed by atoms with Crippen LogP contribution in [-0.4, -0.2) is 55.3 Å². The van der Waals surface area contributed by atoms with Gasteiger partial charge in [0.2, 0.25) is 0 Å². The molecule has 0 amide bonds. The van der Waals surface area contributed by atoms with Crippen molar-refractivity contribution in [2.75, 3.05) is 26.7 Å². The summed E-state index contributed by atoms with van der Waals surface area (Å²) in [6.45, 7) is 1.68. The summed E-state index contributed by atoms with van der Waals surface area (Å²) in [5.41, 5.74) is 2.82. The molecule has 0 unspecified atom stereocenters. The number of ether oxygens (including phenoxy) is 1. The van der Waals surface area contributed by atoms with Crippen LogP contribution in [0.5, 0.6) is 5.88 Å². The van der Waals surface area contributed by atoms with Gasteiger partial charge in [-0.05, 0) is 25.5 Å². The zero-order valence-corrected chi connectivity index (χ0v) is 15.0. The SMILES string of the molecule is CN1CCC=C(c2nsnc2-c2nsnc2OCCCC(F)(F)F)C1. The molecule has 136 valence electrons. The summed E-state index contributed by atoms with van der Waals surface area (Å²) in [6.07, 6.45) is -2.14. The first-order chi connectivity index (χ1) is 11.9. The molecule has 0 radical (unpaired) electrons. The number of hydrogen-bond donors (Lipinski definition) is 0. The molecule has 0 spiro atoms. The maximum Gasteiger partial charge on any atom is 0.389 e. The molecule has 0 saturated heterocycles. The van der Waals surface area contributed by atoms with Gasteiger partial charge in [-0.25, -0.2) is 0 Å². The monoisotopic (exact) mass is 391 g/mol. The lowest BCUT2D eigenvalue weighted by atomic mass is 10.0. The Balaban J connectivity index is 1.73. The fraction of sp³-hybridized carbons (Fsp3) is 0.571. The fourth-order valence-corrected chi connectivity index (χ4v) is 3.56. The van der Waals surface area contributed by atoms with E-state index in [2.05, 4.69) is 28.5 Å². The zero-order valence-electron chi connectivity index (χ0n) is 13.4. The Labute approximate surface area is 151 Å². The summed E-state index contributed by atoms with van der Waals surface area (Å²) in [7, 11) is 2.03. The molecule has 25 heavy (non-hydrogen) atoms. The highest BCUT2D eigenvalue weighted by Crippen LogP contribution is 2.33. The average molecular weight is 391 g/mol. The van der Waals surface area contributed by atoms with Gasteiger partial charge >= 0.3 is 6.18 Å². The molecule has 0 fully saturated rings. The van der Waals surface area contributed by atoms with Crippen molar-refractivity contribution in [3.05, 3.63) is 11.8 Å². The molecular formula is C14H16F3N5OS2. The van der Waals surface area contributed by atoms with E-state index in [0.29, 0.717) is 11.4 Å². The normalized spacial score (nSPS) is 16.1. The molecule has 3 heterocycles. The predicted molar refractivity (Wildman–Crippen MR) is 89.7 cm³/mol. The lowest BCUT2D eigenvalue weighted by Crippen LogP contribution is -2.25. The van der Waals surface area contributed by atoms with Crippen LogP contribution < -0.4 is 4.74 Å². The number of rotatable bonds is 6. The number of aromatic nitrogens is 4. The number of likely N-dealkylation sites (N-methyl/N-ethyl adjacent to an activating group) is 1. The third-order valence-electron chi connectivity index (χ3n) is 3.66. The van der Waals surface area contributed by atoms with E-state index in [1.54, 1.807) is 0 Å². The Hall–Kier alpha value is -1.59. The van der Waals surface area contributed by atoms with Gasteiger partial charge in [0.1, 0.15) is 11.4 Å². The maximum absolute atomic E-state index is 12.2. The first-order valence-corrected chi connectivity index (χ1v) is 9.13. The van der Waals surface area contributed by atoms with Crippen LogP contribution in [0.4, 0.5) is 13.2 Å². The highest BCUT2D eigenvalue weighted by Gasteiger charge is 2.27. The second-order valence-electron chi connectivity index (χ2n) is 5.70. The smallest absolute Gasteiger partial charge is 0.389 e. The van der Waals surface area contributed by atoms with E-state index in [4.69, 9.17) is 4.74 Å². The van der Waals surface area contributed by atoms with Gasteiger partial charge in [0.05, 0.1) is 30.1 Å². The van der Waals surface area contributed by atoms with E-state index in [1.807, 2.05) is 7.05 Å². The predicted octanol–water partition coefficient (Wildman–Crippen LogP) is 3.50. The number of alkyl halides is 3. The Bertz CT molecular complexity index is 743. The van der Waals surface area contributed by atoms with Gasteiger partial charge in [0.15, 0.2) is 5.69 Å². The van der Waals surface area contributed by atoms with Crippen LogP contribution in [0.1, 0.15) is 25.0 Å². The molecule has 1 aliphatic heterocycles. The number of halogens is 3. The summed E-state index contributed by atoms with van der Waals surface area (Å²) in [4.78, 5) is 2.19. The van der Waals surface area contributed by atoms with Gasteiger partial charge in [0.25, 0.3) is 5.88 Å². The van der Waals surface area contributed by atoms with Gasteiger partial charge in [-0.1, -0.05) is 6.08 Å². The average Bonchev–Trinajstić information content (AvgIpc) is 3.19. The molecule has 1 aliphatic rings. The van der Waals surface area contributed by atoms with Crippen molar-refractivity contribution < 1.29 is 17.9 Å². The summed E-state index contributed by atoms with van der Waals surface area (Å²) in [5, 5.41) is 0. The number of nitrogens with zero attached hydrogens (tertiary/aromatic N) is 5. The van der Waals surface area contributed by atoms with Crippen molar-refractivity contribution in [2.45, 2.75) is 25.4 Å². The molecule has 6 nitrogen and oxygen atoms in total. The van der Waals surface area contributed by atoms with E-state index in [9.17, 15) is 13.2 Å². The van der Waals surface area contributed by atoms with Crippen LogP contribution in [0.3, 0.4) is 0 Å². The highest BCUT2D eigenvalue weighted by atomic mass is 32.1. The van der Waals surface area contributed by atoms with Crippen molar-refractivity contribution in [1.29, 1.82) is 0 Å². The van der Waals surface area contributed by atoms with Gasteiger partial charge in [-0.15, -0.1) is 4.37 Å². The minimum atomic E-state index is -4.18. The van der Waals surface area contributed by atoms with Crippen LogP contribution >= 0.6 is 23.5 Å². The van der Waals surface area contributed by atoms with Gasteiger partial charge in [0, 0.05) is 19.5 Å². The Kier molecular flexibility index (Phi) is 5.64. The van der Waals surface area contributed by atoms with Crippen molar-refractivity contribution in [1.82, 2.24) is 22.4 Å². The van der Waals surface area contributed by atoms with Gasteiger partial charge in [-0.3, -0.25) is 0 Å². The third-order valence-corrected chi connectivity index (χ3v) is 4.70. The third kappa shape index (κ3) is 4.73. The summed E-state index contributed by atoms with van der Waals surface area (Å²) >= 11 is 2.02. The molecule has 11 heteroatoms. The van der Waals surface area contributed by atoms with E-state index >= 15 is 0 Å². The molecular weight excluding hydrogens is 375 g/mol. The second kappa shape index (κ2) is 7.75. The molecule has 0 atom stereocenters. The largest absolute Gasteiger partial charge is 0.475 e. The van der Waals surface area contributed by atoms with Crippen molar-refractivity contribution in [3.63, 3.8) is 0 Å². The summed E-state index contributed by atoms with van der Waals surface area (Å²) < 4.78 is 58.9. The molecule has 0 saturated carbocycles. The number of hydrogen-bond acceptors (Lipinski definition) is 8. The molecule has 0 aromatic carbocycles. The fourth-order valence-electron chi connectivity index (χ4n) is 2.48. The van der Waals surface area contributed by atoms with E-state index in [1.165, 1.54) is 0 Å². The van der Waals surface area contributed by atoms with Crippen molar-refractivity contribution in [2.24, 2.45) is 0 Å². The van der Waals surface area contributed by atoms with Gasteiger partial charge < -0.3 is 9.64 Å². The minimum Gasteiger partial charge on any atom is -0.475 e. The van der Waals surface area contributed by atoms with E-state index < -0.39 is 12.6 Å². The van der Waals surface area contributed by atoms with Crippen LogP contribution in [0, 0.1) is 0 Å². The lowest BCUT2D eigenvalue weighted by Gasteiger charge is -2.22. The lowest BCUT2D eigenvalue weighted by molar-refractivity contribution is -0.136. The first-order valence-electron chi connectivity index (χ1n) is 7.67. The van der Waals surface area contributed by atoms with Crippen LogP contribution in [0.2, 0.25) is 0 Å². The van der Waals surface area contributed by atoms with Crippen molar-refractivity contribution in [3.8, 4) is 17.3 Å². The summed E-state index contributed by atoms with van der Waals surface area (Å²) in [6, 6.07) is 0. The quantitative estimate of drug-likeness (QED) is 0.703. The van der Waals surface area contributed by atoms with E-state index in [-0.39, 0.29) is 18.9 Å². The van der Waals surface area contributed by atoms with E-state index in [0.717, 1.165) is 54.2 Å². The van der Waals surface area contributed by atoms with Crippen LogP contribution in [-0.2, 0) is 0 Å². The highest BCUT2D eigenvalue weighted by molar-refractivity contribution is 7.00. The molecule has 2 aromatic heterocycles. The molecule has 3 rings (SSSR count). The van der Waals surface area contributed by atoms with Gasteiger partial charge in [-0.2, -0.15) is 26.3 Å². The standard InChI is InChI=1S/C14H16F3N5OS2/c1-22-6-2-4-9(8-22)10-11(19-24-18-10)12-13(21-25-20-12)23-7-3-5-14(15,16)17/h4H,2-3,5-8H2,1H3. The maximum atomic E-state index is 12.2. The second-order valence-corrected chi connectivity index (χ2v) is 6.76. The molecule has 0 N–H and O–H groups in total. The topological polar surface area (TPSA) is 64.0 Å². The molecule has 0 bridgehead atoms. The Morgan fingerprint density at radius 1 is 1.12 bits per heavy atom. The zero-order chi connectivity index (χ0) is 17.9. The van der Waals surface area contributed by atoms with Crippen LogP contribution in [0.25, 0.3) is 17.0 Å². The van der Waals surface area contributed by atoms with Crippen molar-refractivity contribution >= 4 is 29.0 Å². The summed E-state index contributed by atoms with van der Waals surface area (Å²) in [5.74, 6) is 0.214.